The number of carbonyl (C=O) groups excluding carboxylic acids is 1. The molecule has 0 unspecified atom stereocenters. The van der Waals surface area contributed by atoms with Crippen molar-refractivity contribution >= 4 is 11.7 Å². The number of hydrogen-bond donors (Lipinski definition) is 2. The molecule has 9 heteroatoms. The van der Waals surface area contributed by atoms with Crippen LogP contribution in [0.4, 0.5) is 23.7 Å². The van der Waals surface area contributed by atoms with Crippen molar-refractivity contribution in [2.45, 2.75) is 25.6 Å². The molecule has 0 radical (unpaired) electrons. The van der Waals surface area contributed by atoms with E-state index >= 15 is 0 Å². The third kappa shape index (κ3) is 4.70. The van der Waals surface area contributed by atoms with E-state index in [1.54, 1.807) is 25.4 Å². The molecule has 1 atom stereocenters. The number of aromatic nitrogens is 3. The number of rotatable bonds is 4. The molecule has 0 aliphatic heterocycles. The van der Waals surface area contributed by atoms with Crippen molar-refractivity contribution in [1.82, 2.24) is 20.1 Å². The first-order chi connectivity index (χ1) is 10.8. The molecule has 23 heavy (non-hydrogen) atoms. The molecule has 2 aromatic heterocycles. The Bertz CT molecular complexity index is 669. The van der Waals surface area contributed by atoms with Crippen LogP contribution in [0.25, 0.3) is 0 Å². The summed E-state index contributed by atoms with van der Waals surface area (Å²) >= 11 is 0. The SMILES string of the molecule is C[C@@H](Cc1cccnc1)NC(=O)Nc1cn(C)nc1C(F)(F)F. The minimum absolute atomic E-state index is 0.273. The van der Waals surface area contributed by atoms with Crippen molar-refractivity contribution in [3.05, 3.63) is 42.0 Å². The fourth-order valence-electron chi connectivity index (χ4n) is 2.09. The third-order valence-electron chi connectivity index (χ3n) is 2.99. The summed E-state index contributed by atoms with van der Waals surface area (Å²) in [4.78, 5) is 15.8. The Balaban J connectivity index is 1.97. The van der Waals surface area contributed by atoms with Crippen LogP contribution in [0.5, 0.6) is 0 Å². The molecule has 0 bridgehead atoms. The third-order valence-corrected chi connectivity index (χ3v) is 2.99. The minimum atomic E-state index is -4.63. The summed E-state index contributed by atoms with van der Waals surface area (Å²) in [6.07, 6.45) is 0.286. The molecule has 2 aromatic rings. The van der Waals surface area contributed by atoms with Gasteiger partial charge in [-0.2, -0.15) is 18.3 Å². The van der Waals surface area contributed by atoms with Crippen molar-refractivity contribution in [3.63, 3.8) is 0 Å². The molecule has 0 fully saturated rings. The van der Waals surface area contributed by atoms with E-state index in [-0.39, 0.29) is 11.7 Å². The van der Waals surface area contributed by atoms with Crippen LogP contribution < -0.4 is 10.6 Å². The van der Waals surface area contributed by atoms with Crippen LogP contribution in [0.3, 0.4) is 0 Å². The maximum atomic E-state index is 12.8. The number of pyridine rings is 1. The molecule has 0 saturated heterocycles. The lowest BCUT2D eigenvalue weighted by atomic mass is 10.1. The minimum Gasteiger partial charge on any atom is -0.335 e. The molecular weight excluding hydrogens is 311 g/mol. The number of urea groups is 1. The fourth-order valence-corrected chi connectivity index (χ4v) is 2.09. The zero-order chi connectivity index (χ0) is 17.0. The summed E-state index contributed by atoms with van der Waals surface area (Å²) in [5.41, 5.74) is -0.598. The zero-order valence-electron chi connectivity index (χ0n) is 12.6. The van der Waals surface area contributed by atoms with Crippen molar-refractivity contribution < 1.29 is 18.0 Å². The number of alkyl halides is 3. The molecule has 6 nitrogen and oxygen atoms in total. The lowest BCUT2D eigenvalue weighted by Gasteiger charge is -2.14. The number of amides is 2. The van der Waals surface area contributed by atoms with E-state index in [0.29, 0.717) is 6.42 Å². The van der Waals surface area contributed by atoms with Crippen LogP contribution in [0.2, 0.25) is 0 Å². The van der Waals surface area contributed by atoms with Crippen molar-refractivity contribution in [2.24, 2.45) is 7.05 Å². The highest BCUT2D eigenvalue weighted by atomic mass is 19.4. The van der Waals surface area contributed by atoms with E-state index in [1.807, 2.05) is 6.07 Å². The Labute approximate surface area is 130 Å². The van der Waals surface area contributed by atoms with Crippen LogP contribution >= 0.6 is 0 Å². The van der Waals surface area contributed by atoms with Crippen LogP contribution in [0.15, 0.2) is 30.7 Å². The van der Waals surface area contributed by atoms with Gasteiger partial charge in [-0.1, -0.05) is 6.07 Å². The van der Waals surface area contributed by atoms with Gasteiger partial charge in [0, 0.05) is 31.7 Å². The Kier molecular flexibility index (Phi) is 4.87. The van der Waals surface area contributed by atoms with Crippen molar-refractivity contribution in [3.8, 4) is 0 Å². The Morgan fingerprint density at radius 2 is 2.17 bits per heavy atom. The van der Waals surface area contributed by atoms with Crippen molar-refractivity contribution in [2.75, 3.05) is 5.32 Å². The van der Waals surface area contributed by atoms with Gasteiger partial charge < -0.3 is 10.6 Å². The Morgan fingerprint density at radius 1 is 1.43 bits per heavy atom. The highest BCUT2D eigenvalue weighted by molar-refractivity contribution is 5.90. The lowest BCUT2D eigenvalue weighted by molar-refractivity contribution is -0.140. The van der Waals surface area contributed by atoms with Gasteiger partial charge in [0.15, 0.2) is 5.69 Å². The largest absolute Gasteiger partial charge is 0.437 e. The monoisotopic (exact) mass is 327 g/mol. The second-order valence-electron chi connectivity index (χ2n) is 5.13. The summed E-state index contributed by atoms with van der Waals surface area (Å²) in [6, 6.07) is 2.63. The fraction of sp³-hybridized carbons (Fsp3) is 0.357. The van der Waals surface area contributed by atoms with Crippen LogP contribution in [-0.2, 0) is 19.6 Å². The molecule has 0 aliphatic rings. The second-order valence-corrected chi connectivity index (χ2v) is 5.13. The van der Waals surface area contributed by atoms with E-state index in [4.69, 9.17) is 0 Å². The standard InChI is InChI=1S/C14H16F3N5O/c1-9(6-10-4-3-5-18-7-10)19-13(23)20-11-8-22(2)21-12(11)14(15,16)17/h3-5,7-9H,6H2,1-2H3,(H2,19,20,23)/t9-/m0/s1. The quantitative estimate of drug-likeness (QED) is 0.907. The molecule has 2 heterocycles. The average Bonchev–Trinajstić information content (AvgIpc) is 2.80. The van der Waals surface area contributed by atoms with Crippen LogP contribution in [-0.4, -0.2) is 26.8 Å². The van der Waals surface area contributed by atoms with Gasteiger partial charge in [0.1, 0.15) is 0 Å². The van der Waals surface area contributed by atoms with E-state index in [1.165, 1.54) is 7.05 Å². The number of anilines is 1. The average molecular weight is 327 g/mol. The molecule has 0 saturated carbocycles. The molecule has 0 spiro atoms. The maximum Gasteiger partial charge on any atom is 0.437 e. The van der Waals surface area contributed by atoms with Gasteiger partial charge in [-0.15, -0.1) is 0 Å². The van der Waals surface area contributed by atoms with Gasteiger partial charge in [-0.25, -0.2) is 4.79 Å². The van der Waals surface area contributed by atoms with Gasteiger partial charge in [0.25, 0.3) is 0 Å². The molecule has 2 rings (SSSR count). The van der Waals surface area contributed by atoms with E-state index in [9.17, 15) is 18.0 Å². The first-order valence-corrected chi connectivity index (χ1v) is 6.83. The predicted octanol–water partition coefficient (Wildman–Crippen LogP) is 2.59. The number of aryl methyl sites for hydroxylation is 1. The first-order valence-electron chi connectivity index (χ1n) is 6.83. The molecule has 124 valence electrons. The number of halogens is 3. The highest BCUT2D eigenvalue weighted by Crippen LogP contribution is 2.33. The summed E-state index contributed by atoms with van der Waals surface area (Å²) in [5, 5.41) is 8.09. The predicted molar refractivity (Wildman–Crippen MR) is 77.8 cm³/mol. The van der Waals surface area contributed by atoms with Gasteiger partial charge >= 0.3 is 12.2 Å². The molecule has 2 amide bonds. The van der Waals surface area contributed by atoms with Gasteiger partial charge in [0.2, 0.25) is 0 Å². The Hall–Kier alpha value is -2.58. The summed E-state index contributed by atoms with van der Waals surface area (Å²) in [5.74, 6) is 0. The normalized spacial score (nSPS) is 12.7. The van der Waals surface area contributed by atoms with Crippen LogP contribution in [0, 0.1) is 0 Å². The van der Waals surface area contributed by atoms with E-state index < -0.39 is 17.9 Å². The van der Waals surface area contributed by atoms with E-state index in [0.717, 1.165) is 16.4 Å². The molecule has 0 aromatic carbocycles. The number of nitrogens with one attached hydrogen (secondary N) is 2. The maximum absolute atomic E-state index is 12.8. The summed E-state index contributed by atoms with van der Waals surface area (Å²) < 4.78 is 39.4. The van der Waals surface area contributed by atoms with E-state index in [2.05, 4.69) is 20.7 Å². The number of carbonyl (C=O) groups is 1. The topological polar surface area (TPSA) is 71.8 Å². The number of hydrogen-bond acceptors (Lipinski definition) is 3. The first kappa shape index (κ1) is 16.8. The van der Waals surface area contributed by atoms with Gasteiger partial charge in [-0.05, 0) is 25.0 Å². The zero-order valence-corrected chi connectivity index (χ0v) is 12.6. The van der Waals surface area contributed by atoms with Crippen LogP contribution in [0.1, 0.15) is 18.2 Å². The second kappa shape index (κ2) is 6.67. The van der Waals surface area contributed by atoms with Gasteiger partial charge in [-0.3, -0.25) is 9.67 Å². The highest BCUT2D eigenvalue weighted by Gasteiger charge is 2.37. The smallest absolute Gasteiger partial charge is 0.335 e. The summed E-state index contributed by atoms with van der Waals surface area (Å²) in [7, 11) is 1.35. The summed E-state index contributed by atoms with van der Waals surface area (Å²) in [6.45, 7) is 1.75. The molecule has 0 aliphatic carbocycles. The number of nitrogens with zero attached hydrogens (tertiary/aromatic N) is 3. The molecule has 2 N–H and O–H groups in total. The van der Waals surface area contributed by atoms with Gasteiger partial charge in [0.05, 0.1) is 5.69 Å². The van der Waals surface area contributed by atoms with Crippen molar-refractivity contribution in [1.29, 1.82) is 0 Å². The molecular formula is C14H16F3N5O. The Morgan fingerprint density at radius 3 is 2.78 bits per heavy atom. The lowest BCUT2D eigenvalue weighted by Crippen LogP contribution is -2.37.